The highest BCUT2D eigenvalue weighted by molar-refractivity contribution is 5.93. The van der Waals surface area contributed by atoms with Gasteiger partial charge in [0.2, 0.25) is 0 Å². The summed E-state index contributed by atoms with van der Waals surface area (Å²) in [4.78, 5) is 11.0. The summed E-state index contributed by atoms with van der Waals surface area (Å²) in [5.41, 5.74) is 1.96. The van der Waals surface area contributed by atoms with E-state index in [2.05, 4.69) is 20.6 Å². The maximum Gasteiger partial charge on any atom is 0.196 e. The second kappa shape index (κ2) is 9.50. The number of methoxy groups -OCH3 is 2. The average Bonchev–Trinajstić information content (AvgIpc) is 2.66. The van der Waals surface area contributed by atoms with Crippen molar-refractivity contribution in [1.29, 1.82) is 0 Å². The van der Waals surface area contributed by atoms with Gasteiger partial charge in [0.05, 0.1) is 20.8 Å². The predicted molar refractivity (Wildman–Crippen MR) is 107 cm³/mol. The van der Waals surface area contributed by atoms with Crippen molar-refractivity contribution >= 4 is 17.5 Å². The van der Waals surface area contributed by atoms with E-state index in [1.807, 2.05) is 56.3 Å². The van der Waals surface area contributed by atoms with E-state index < -0.39 is 0 Å². The van der Waals surface area contributed by atoms with Gasteiger partial charge in [0.25, 0.3) is 0 Å². The zero-order chi connectivity index (χ0) is 18.9. The number of hydrogen-bond acceptors (Lipinski definition) is 5. The molecule has 0 aliphatic heterocycles. The first kappa shape index (κ1) is 19.4. The first-order valence-electron chi connectivity index (χ1n) is 8.47. The number of pyridine rings is 1. The van der Waals surface area contributed by atoms with Crippen molar-refractivity contribution in [2.75, 3.05) is 45.1 Å². The van der Waals surface area contributed by atoms with Crippen LogP contribution in [0.25, 0.3) is 0 Å². The number of guanidine groups is 1. The number of hydrogen-bond donors (Lipinski definition) is 2. The average molecular weight is 357 g/mol. The summed E-state index contributed by atoms with van der Waals surface area (Å²) in [6.45, 7) is 3.34. The smallest absolute Gasteiger partial charge is 0.196 e. The molecular formula is C19H27N5O2. The van der Waals surface area contributed by atoms with E-state index in [0.717, 1.165) is 23.6 Å². The number of anilines is 2. The molecule has 0 amide bonds. The van der Waals surface area contributed by atoms with Crippen molar-refractivity contribution in [2.24, 2.45) is 4.99 Å². The van der Waals surface area contributed by atoms with Crippen molar-refractivity contribution in [3.05, 3.63) is 42.1 Å². The molecule has 0 radical (unpaired) electrons. The predicted octanol–water partition coefficient (Wildman–Crippen LogP) is 2.74. The summed E-state index contributed by atoms with van der Waals surface area (Å²) < 4.78 is 10.6. The Bertz CT molecular complexity index is 746. The molecule has 0 fully saturated rings. The minimum atomic E-state index is 0.548. The lowest BCUT2D eigenvalue weighted by Gasteiger charge is -2.14. The second-order valence-electron chi connectivity index (χ2n) is 5.81. The Morgan fingerprint density at radius 2 is 1.88 bits per heavy atom. The third-order valence-electron chi connectivity index (χ3n) is 3.68. The van der Waals surface area contributed by atoms with E-state index in [1.54, 1.807) is 20.4 Å². The van der Waals surface area contributed by atoms with Crippen molar-refractivity contribution in [2.45, 2.75) is 13.5 Å². The van der Waals surface area contributed by atoms with Crippen LogP contribution in [0.4, 0.5) is 11.5 Å². The molecule has 0 saturated heterocycles. The molecule has 0 aliphatic carbocycles. The fraction of sp³-hybridized carbons (Fsp3) is 0.368. The van der Waals surface area contributed by atoms with E-state index in [9.17, 15) is 0 Å². The summed E-state index contributed by atoms with van der Waals surface area (Å²) in [7, 11) is 7.18. The SMILES string of the molecule is CCNC(=NCc1ccnc(N(C)C)c1)Nc1ccc(OC)c(OC)c1. The molecule has 0 atom stereocenters. The number of benzene rings is 1. The van der Waals surface area contributed by atoms with E-state index in [1.165, 1.54) is 0 Å². The molecule has 0 spiro atoms. The topological polar surface area (TPSA) is 71.0 Å². The molecule has 26 heavy (non-hydrogen) atoms. The van der Waals surface area contributed by atoms with Crippen LogP contribution in [0.1, 0.15) is 12.5 Å². The van der Waals surface area contributed by atoms with E-state index >= 15 is 0 Å². The van der Waals surface area contributed by atoms with Crippen LogP contribution in [0.2, 0.25) is 0 Å². The summed E-state index contributed by atoms with van der Waals surface area (Å²) in [6.07, 6.45) is 1.80. The molecule has 0 saturated carbocycles. The second-order valence-corrected chi connectivity index (χ2v) is 5.81. The lowest BCUT2D eigenvalue weighted by molar-refractivity contribution is 0.355. The Hall–Kier alpha value is -2.96. The van der Waals surface area contributed by atoms with E-state index in [4.69, 9.17) is 9.47 Å². The van der Waals surface area contributed by atoms with Gasteiger partial charge < -0.3 is 25.0 Å². The van der Waals surface area contributed by atoms with Crippen LogP contribution in [0.15, 0.2) is 41.5 Å². The molecule has 1 heterocycles. The molecule has 2 aromatic rings. The molecular weight excluding hydrogens is 330 g/mol. The molecule has 0 unspecified atom stereocenters. The lowest BCUT2D eigenvalue weighted by Crippen LogP contribution is -2.30. The third-order valence-corrected chi connectivity index (χ3v) is 3.68. The Kier molecular flexibility index (Phi) is 7.08. The molecule has 140 valence electrons. The Morgan fingerprint density at radius 1 is 1.12 bits per heavy atom. The summed E-state index contributed by atoms with van der Waals surface area (Å²) >= 11 is 0. The fourth-order valence-corrected chi connectivity index (χ4v) is 2.33. The van der Waals surface area contributed by atoms with Gasteiger partial charge in [-0.1, -0.05) is 0 Å². The lowest BCUT2D eigenvalue weighted by atomic mass is 10.2. The molecule has 2 N–H and O–H groups in total. The van der Waals surface area contributed by atoms with Crippen molar-refractivity contribution in [3.63, 3.8) is 0 Å². The first-order valence-corrected chi connectivity index (χ1v) is 8.47. The van der Waals surface area contributed by atoms with Crippen LogP contribution in [0.5, 0.6) is 11.5 Å². The van der Waals surface area contributed by atoms with Crippen LogP contribution < -0.4 is 25.0 Å². The van der Waals surface area contributed by atoms with Crippen LogP contribution in [-0.4, -0.2) is 45.8 Å². The molecule has 1 aromatic heterocycles. The van der Waals surface area contributed by atoms with Crippen LogP contribution in [0.3, 0.4) is 0 Å². The van der Waals surface area contributed by atoms with Crippen molar-refractivity contribution in [1.82, 2.24) is 10.3 Å². The highest BCUT2D eigenvalue weighted by Crippen LogP contribution is 2.29. The minimum absolute atomic E-state index is 0.548. The van der Waals surface area contributed by atoms with Gasteiger partial charge in [-0.3, -0.25) is 0 Å². The normalized spacial score (nSPS) is 11.0. The largest absolute Gasteiger partial charge is 0.493 e. The summed E-state index contributed by atoms with van der Waals surface area (Å²) in [5, 5.41) is 6.54. The quantitative estimate of drug-likeness (QED) is 0.586. The van der Waals surface area contributed by atoms with Gasteiger partial charge in [-0.2, -0.15) is 0 Å². The maximum absolute atomic E-state index is 5.35. The Morgan fingerprint density at radius 3 is 2.54 bits per heavy atom. The first-order chi connectivity index (χ1) is 12.6. The highest BCUT2D eigenvalue weighted by atomic mass is 16.5. The number of nitrogens with one attached hydrogen (secondary N) is 2. The number of ether oxygens (including phenoxy) is 2. The number of nitrogens with zero attached hydrogens (tertiary/aromatic N) is 3. The standard InChI is InChI=1S/C19H27N5O2/c1-6-20-19(22-13-14-9-10-21-18(11-14)24(2)3)23-15-7-8-16(25-4)17(12-15)26-5/h7-12H,6,13H2,1-5H3,(H2,20,22,23). The van der Waals surface area contributed by atoms with Gasteiger partial charge >= 0.3 is 0 Å². The van der Waals surface area contributed by atoms with E-state index in [-0.39, 0.29) is 0 Å². The molecule has 0 bridgehead atoms. The Labute approximate surface area is 155 Å². The molecule has 2 rings (SSSR count). The third kappa shape index (κ3) is 5.27. The van der Waals surface area contributed by atoms with Gasteiger partial charge in [0.1, 0.15) is 5.82 Å². The maximum atomic E-state index is 5.35. The zero-order valence-electron chi connectivity index (χ0n) is 16.0. The van der Waals surface area contributed by atoms with Crippen molar-refractivity contribution in [3.8, 4) is 11.5 Å². The minimum Gasteiger partial charge on any atom is -0.493 e. The van der Waals surface area contributed by atoms with Gasteiger partial charge in [-0.15, -0.1) is 0 Å². The summed E-state index contributed by atoms with van der Waals surface area (Å²) in [6, 6.07) is 9.66. The number of aromatic nitrogens is 1. The number of aliphatic imine (C=N–C) groups is 1. The van der Waals surface area contributed by atoms with E-state index in [0.29, 0.717) is 24.0 Å². The van der Waals surface area contributed by atoms with Crippen LogP contribution in [0, 0.1) is 0 Å². The van der Waals surface area contributed by atoms with Crippen LogP contribution in [-0.2, 0) is 6.54 Å². The van der Waals surface area contributed by atoms with Gasteiger partial charge in [0, 0.05) is 38.6 Å². The molecule has 1 aromatic carbocycles. The van der Waals surface area contributed by atoms with Gasteiger partial charge in [-0.05, 0) is 36.8 Å². The molecule has 7 nitrogen and oxygen atoms in total. The van der Waals surface area contributed by atoms with Gasteiger partial charge in [-0.25, -0.2) is 9.98 Å². The fourth-order valence-electron chi connectivity index (χ4n) is 2.33. The highest BCUT2D eigenvalue weighted by Gasteiger charge is 2.06. The number of rotatable bonds is 7. The zero-order valence-corrected chi connectivity index (χ0v) is 16.0. The molecule has 0 aliphatic rings. The van der Waals surface area contributed by atoms with Crippen LogP contribution >= 0.6 is 0 Å². The van der Waals surface area contributed by atoms with Gasteiger partial charge in [0.15, 0.2) is 17.5 Å². The van der Waals surface area contributed by atoms with Crippen molar-refractivity contribution < 1.29 is 9.47 Å². The Balaban J connectivity index is 2.15. The summed E-state index contributed by atoms with van der Waals surface area (Å²) in [5.74, 6) is 2.96. The molecule has 7 heteroatoms. The monoisotopic (exact) mass is 357 g/mol.